The number of aliphatic hydroxyl groups is 1. The fourth-order valence-corrected chi connectivity index (χ4v) is 5.65. The summed E-state index contributed by atoms with van der Waals surface area (Å²) in [5, 5.41) is 18.3. The van der Waals surface area contributed by atoms with Crippen molar-refractivity contribution in [2.45, 2.75) is 51.8 Å². The van der Waals surface area contributed by atoms with Crippen LogP contribution in [0.15, 0.2) is 42.5 Å². The standard InChI is InChI=1S/C26H27F2N5OS/c1-14-11-12-21(26(14,3)34)32-23-22(24-31-19-9-4-5-10-20(19)35-24)15(2)30-25(33-23)29-13-16-17(27)7-6-8-18(16)28/h4-10,14,21,34H,11-13H2,1-3H3,(H2,29,30,32,33). The molecule has 1 saturated carbocycles. The Bertz CT molecular complexity index is 1340. The molecule has 1 aliphatic carbocycles. The predicted octanol–water partition coefficient (Wildman–Crippen LogP) is 5.91. The number of aryl methyl sites for hydroxylation is 1. The molecular weight excluding hydrogens is 468 g/mol. The van der Waals surface area contributed by atoms with Crippen LogP contribution in [0.4, 0.5) is 20.5 Å². The first kappa shape index (κ1) is 23.6. The molecule has 5 rings (SSSR count). The highest BCUT2D eigenvalue weighted by atomic mass is 32.1. The maximum Gasteiger partial charge on any atom is 0.225 e. The normalized spacial score (nSPS) is 22.0. The van der Waals surface area contributed by atoms with Gasteiger partial charge in [0.15, 0.2) is 0 Å². The molecule has 9 heteroatoms. The van der Waals surface area contributed by atoms with Crippen LogP contribution in [-0.4, -0.2) is 31.7 Å². The summed E-state index contributed by atoms with van der Waals surface area (Å²) >= 11 is 1.54. The molecule has 1 aliphatic rings. The number of nitrogens with one attached hydrogen (secondary N) is 2. The molecule has 2 heterocycles. The zero-order chi connectivity index (χ0) is 24.7. The van der Waals surface area contributed by atoms with Gasteiger partial charge >= 0.3 is 0 Å². The first-order valence-electron chi connectivity index (χ1n) is 11.6. The van der Waals surface area contributed by atoms with Gasteiger partial charge < -0.3 is 15.7 Å². The Morgan fingerprint density at radius 2 is 1.80 bits per heavy atom. The van der Waals surface area contributed by atoms with E-state index < -0.39 is 17.2 Å². The third-order valence-corrected chi connectivity index (χ3v) is 8.04. The zero-order valence-electron chi connectivity index (χ0n) is 19.8. The van der Waals surface area contributed by atoms with Crippen molar-refractivity contribution in [2.24, 2.45) is 5.92 Å². The number of hydrogen-bond acceptors (Lipinski definition) is 7. The summed E-state index contributed by atoms with van der Waals surface area (Å²) in [5.74, 6) is -0.351. The molecule has 2 aromatic heterocycles. The molecule has 4 aromatic rings. The smallest absolute Gasteiger partial charge is 0.225 e. The van der Waals surface area contributed by atoms with E-state index in [1.807, 2.05) is 45.0 Å². The van der Waals surface area contributed by atoms with Crippen molar-refractivity contribution in [3.8, 4) is 10.6 Å². The number of aromatic nitrogens is 3. The number of rotatable bonds is 6. The summed E-state index contributed by atoms with van der Waals surface area (Å²) in [6.45, 7) is 5.64. The van der Waals surface area contributed by atoms with Gasteiger partial charge in [-0.1, -0.05) is 25.1 Å². The fraction of sp³-hybridized carbons (Fsp3) is 0.346. The number of hydrogen-bond donors (Lipinski definition) is 3. The molecule has 3 atom stereocenters. The topological polar surface area (TPSA) is 83.0 Å². The van der Waals surface area contributed by atoms with E-state index in [9.17, 15) is 13.9 Å². The summed E-state index contributed by atoms with van der Waals surface area (Å²) in [5.41, 5.74) is 1.32. The van der Waals surface area contributed by atoms with Gasteiger partial charge in [0.05, 0.1) is 33.1 Å². The molecule has 35 heavy (non-hydrogen) atoms. The third-order valence-electron chi connectivity index (χ3n) is 6.99. The molecule has 0 aliphatic heterocycles. The van der Waals surface area contributed by atoms with Crippen molar-refractivity contribution >= 4 is 33.3 Å². The summed E-state index contributed by atoms with van der Waals surface area (Å²) < 4.78 is 29.3. The van der Waals surface area contributed by atoms with Crippen LogP contribution < -0.4 is 10.6 Å². The van der Waals surface area contributed by atoms with Crippen molar-refractivity contribution in [2.75, 3.05) is 10.6 Å². The number of benzene rings is 2. The van der Waals surface area contributed by atoms with Gasteiger partial charge in [-0.3, -0.25) is 0 Å². The highest BCUT2D eigenvalue weighted by molar-refractivity contribution is 7.21. The summed E-state index contributed by atoms with van der Waals surface area (Å²) in [6, 6.07) is 11.5. The highest BCUT2D eigenvalue weighted by Crippen LogP contribution is 2.40. The Hall–Kier alpha value is -3.17. The average molecular weight is 496 g/mol. The highest BCUT2D eigenvalue weighted by Gasteiger charge is 2.43. The van der Waals surface area contributed by atoms with E-state index in [0.717, 1.165) is 33.6 Å². The van der Waals surface area contributed by atoms with Gasteiger partial charge in [0.25, 0.3) is 0 Å². The van der Waals surface area contributed by atoms with E-state index in [1.165, 1.54) is 18.2 Å². The lowest BCUT2D eigenvalue weighted by Gasteiger charge is -2.31. The van der Waals surface area contributed by atoms with Gasteiger partial charge in [-0.2, -0.15) is 4.98 Å². The average Bonchev–Trinajstić information content (AvgIpc) is 3.34. The Morgan fingerprint density at radius 3 is 2.49 bits per heavy atom. The minimum absolute atomic E-state index is 0.0777. The lowest BCUT2D eigenvalue weighted by molar-refractivity contribution is 0.0195. The van der Waals surface area contributed by atoms with Crippen LogP contribution >= 0.6 is 11.3 Å². The molecule has 6 nitrogen and oxygen atoms in total. The lowest BCUT2D eigenvalue weighted by atomic mass is 9.92. The number of nitrogens with zero attached hydrogens (tertiary/aromatic N) is 3. The second-order valence-electron chi connectivity index (χ2n) is 9.30. The lowest BCUT2D eigenvalue weighted by Crippen LogP contribution is -2.43. The Balaban J connectivity index is 1.54. The fourth-order valence-electron chi connectivity index (χ4n) is 4.59. The van der Waals surface area contributed by atoms with E-state index in [-0.39, 0.29) is 30.0 Å². The van der Waals surface area contributed by atoms with E-state index in [0.29, 0.717) is 11.5 Å². The van der Waals surface area contributed by atoms with Gasteiger partial charge in [-0.05, 0) is 56.9 Å². The molecule has 0 saturated heterocycles. The number of halogens is 2. The van der Waals surface area contributed by atoms with Gasteiger partial charge in [0.2, 0.25) is 5.95 Å². The molecule has 0 spiro atoms. The predicted molar refractivity (Wildman–Crippen MR) is 136 cm³/mol. The molecule has 2 aromatic carbocycles. The van der Waals surface area contributed by atoms with E-state index >= 15 is 0 Å². The van der Waals surface area contributed by atoms with Crippen molar-refractivity contribution in [3.05, 3.63) is 65.4 Å². The van der Waals surface area contributed by atoms with Gasteiger partial charge in [-0.15, -0.1) is 11.3 Å². The number of anilines is 2. The maximum absolute atomic E-state index is 14.1. The van der Waals surface area contributed by atoms with Crippen LogP contribution in [0, 0.1) is 24.5 Å². The summed E-state index contributed by atoms with van der Waals surface area (Å²) in [7, 11) is 0. The SMILES string of the molecule is Cc1nc(NCc2c(F)cccc2F)nc(NC2CCC(C)C2(C)O)c1-c1nc2ccccc2s1. The van der Waals surface area contributed by atoms with Crippen molar-refractivity contribution in [3.63, 3.8) is 0 Å². The maximum atomic E-state index is 14.1. The van der Waals surface area contributed by atoms with Crippen molar-refractivity contribution in [1.29, 1.82) is 0 Å². The largest absolute Gasteiger partial charge is 0.388 e. The number of para-hydroxylation sites is 1. The Labute approximate surface area is 206 Å². The first-order valence-corrected chi connectivity index (χ1v) is 12.5. The molecule has 0 amide bonds. The van der Waals surface area contributed by atoms with Crippen LogP contribution in [0.2, 0.25) is 0 Å². The first-order chi connectivity index (χ1) is 16.7. The second-order valence-corrected chi connectivity index (χ2v) is 10.3. The molecule has 1 fully saturated rings. The van der Waals surface area contributed by atoms with Crippen LogP contribution in [0.1, 0.15) is 37.9 Å². The van der Waals surface area contributed by atoms with Gasteiger partial charge in [0.1, 0.15) is 22.5 Å². The van der Waals surface area contributed by atoms with Gasteiger partial charge in [-0.25, -0.2) is 18.7 Å². The number of fused-ring (bicyclic) bond motifs is 1. The zero-order valence-corrected chi connectivity index (χ0v) is 20.6. The molecule has 0 radical (unpaired) electrons. The monoisotopic (exact) mass is 495 g/mol. The quantitative estimate of drug-likeness (QED) is 0.308. The summed E-state index contributed by atoms with van der Waals surface area (Å²) in [4.78, 5) is 14.1. The Morgan fingerprint density at radius 1 is 1.06 bits per heavy atom. The van der Waals surface area contributed by atoms with Crippen LogP contribution in [0.3, 0.4) is 0 Å². The van der Waals surface area contributed by atoms with Crippen LogP contribution in [0.5, 0.6) is 0 Å². The van der Waals surface area contributed by atoms with Gasteiger partial charge in [0, 0.05) is 12.1 Å². The number of thiazole rings is 1. The molecule has 3 N–H and O–H groups in total. The van der Waals surface area contributed by atoms with Crippen molar-refractivity contribution < 1.29 is 13.9 Å². The molecule has 0 bridgehead atoms. The minimum Gasteiger partial charge on any atom is -0.388 e. The third kappa shape index (κ3) is 4.46. The minimum atomic E-state index is -0.909. The molecular formula is C26H27F2N5OS. The second kappa shape index (κ2) is 9.13. The Kier molecular flexibility index (Phi) is 6.14. The molecule has 3 unspecified atom stereocenters. The summed E-state index contributed by atoms with van der Waals surface area (Å²) in [6.07, 6.45) is 1.68. The van der Waals surface area contributed by atoms with Crippen LogP contribution in [-0.2, 0) is 6.54 Å². The van der Waals surface area contributed by atoms with E-state index in [4.69, 9.17) is 4.98 Å². The molecule has 182 valence electrons. The van der Waals surface area contributed by atoms with E-state index in [2.05, 4.69) is 20.6 Å². The van der Waals surface area contributed by atoms with Crippen LogP contribution in [0.25, 0.3) is 20.8 Å². The van der Waals surface area contributed by atoms with Crippen molar-refractivity contribution in [1.82, 2.24) is 15.0 Å². The van der Waals surface area contributed by atoms with E-state index in [1.54, 1.807) is 11.3 Å².